The molecule has 2 aromatic carbocycles. The smallest absolute Gasteiger partial charge is 0.200 e. The molecule has 0 aliphatic rings. The lowest BCUT2D eigenvalue weighted by atomic mass is 10.0. The molecular formula is C22H23ClN4O. The Morgan fingerprint density at radius 1 is 1.11 bits per heavy atom. The van der Waals surface area contributed by atoms with Gasteiger partial charge >= 0.3 is 0 Å². The van der Waals surface area contributed by atoms with Crippen molar-refractivity contribution < 1.29 is 4.74 Å². The van der Waals surface area contributed by atoms with Crippen LogP contribution in [0.2, 0.25) is 5.02 Å². The van der Waals surface area contributed by atoms with Gasteiger partial charge in [-0.1, -0.05) is 29.3 Å². The maximum atomic E-state index is 6.03. The molecule has 3 aromatic rings. The van der Waals surface area contributed by atoms with Gasteiger partial charge in [0.25, 0.3) is 0 Å². The van der Waals surface area contributed by atoms with Crippen molar-refractivity contribution in [3.63, 3.8) is 0 Å². The van der Waals surface area contributed by atoms with Crippen molar-refractivity contribution in [1.29, 1.82) is 0 Å². The summed E-state index contributed by atoms with van der Waals surface area (Å²) in [5, 5.41) is 3.67. The number of ether oxygens (including phenoxy) is 1. The Labute approximate surface area is 170 Å². The third-order valence-corrected chi connectivity index (χ3v) is 4.56. The predicted molar refractivity (Wildman–Crippen MR) is 116 cm³/mol. The average molecular weight is 395 g/mol. The average Bonchev–Trinajstić information content (AvgIpc) is 2.64. The molecule has 5 nitrogen and oxygen atoms in total. The van der Waals surface area contributed by atoms with E-state index in [-0.39, 0.29) is 5.96 Å². The van der Waals surface area contributed by atoms with E-state index in [1.807, 2.05) is 24.3 Å². The zero-order valence-corrected chi connectivity index (χ0v) is 16.9. The number of nitrogens with zero attached hydrogens (tertiary/aromatic N) is 2. The largest absolute Gasteiger partial charge is 0.485 e. The van der Waals surface area contributed by atoms with Crippen molar-refractivity contribution in [2.75, 3.05) is 5.32 Å². The van der Waals surface area contributed by atoms with Gasteiger partial charge in [-0.15, -0.1) is 0 Å². The number of aromatic nitrogens is 1. The van der Waals surface area contributed by atoms with Gasteiger partial charge in [-0.2, -0.15) is 4.99 Å². The Hall–Kier alpha value is -3.05. The zero-order valence-electron chi connectivity index (χ0n) is 16.2. The number of aliphatic imine (C=N–C) groups is 1. The summed E-state index contributed by atoms with van der Waals surface area (Å²) >= 11 is 5.90. The molecule has 0 atom stereocenters. The molecular weight excluding hydrogens is 372 g/mol. The van der Waals surface area contributed by atoms with Crippen LogP contribution >= 0.6 is 11.6 Å². The van der Waals surface area contributed by atoms with Crippen LogP contribution in [0.25, 0.3) is 0 Å². The minimum absolute atomic E-state index is 0.216. The van der Waals surface area contributed by atoms with Crippen LogP contribution in [0.15, 0.2) is 59.7 Å². The molecule has 1 heterocycles. The first-order valence-electron chi connectivity index (χ1n) is 8.93. The molecule has 0 unspecified atom stereocenters. The van der Waals surface area contributed by atoms with Crippen LogP contribution in [0, 0.1) is 20.8 Å². The molecule has 0 aliphatic carbocycles. The summed E-state index contributed by atoms with van der Waals surface area (Å²) in [5.41, 5.74) is 11.6. The second-order valence-electron chi connectivity index (χ2n) is 6.62. The molecule has 0 saturated carbocycles. The highest BCUT2D eigenvalue weighted by molar-refractivity contribution is 6.30. The number of guanidine groups is 1. The van der Waals surface area contributed by atoms with Gasteiger partial charge in [-0.05, 0) is 73.9 Å². The molecule has 0 spiro atoms. The van der Waals surface area contributed by atoms with Gasteiger partial charge in [0, 0.05) is 16.9 Å². The summed E-state index contributed by atoms with van der Waals surface area (Å²) in [6.07, 6.45) is 1.66. The maximum Gasteiger partial charge on any atom is 0.200 e. The third kappa shape index (κ3) is 5.02. The van der Waals surface area contributed by atoms with Crippen LogP contribution in [0.3, 0.4) is 0 Å². The maximum absolute atomic E-state index is 6.03. The molecule has 28 heavy (non-hydrogen) atoms. The molecule has 0 fully saturated rings. The summed E-state index contributed by atoms with van der Waals surface area (Å²) in [5.74, 6) is 1.21. The second kappa shape index (κ2) is 8.76. The van der Waals surface area contributed by atoms with Crippen molar-refractivity contribution in [2.45, 2.75) is 27.4 Å². The summed E-state index contributed by atoms with van der Waals surface area (Å²) in [6, 6.07) is 15.2. The molecule has 0 aliphatic heterocycles. The molecule has 0 radical (unpaired) electrons. The molecule has 0 saturated heterocycles. The lowest BCUT2D eigenvalue weighted by molar-refractivity contribution is 0.304. The monoisotopic (exact) mass is 394 g/mol. The first-order valence-corrected chi connectivity index (χ1v) is 9.31. The third-order valence-electron chi connectivity index (χ3n) is 4.31. The SMILES string of the molecule is Cc1cc(C)c(COc2cccnc2N=C(N)Nc2ccc(Cl)cc2)c(C)c1. The molecule has 3 N–H and O–H groups in total. The van der Waals surface area contributed by atoms with E-state index in [1.165, 1.54) is 16.7 Å². The highest BCUT2D eigenvalue weighted by Gasteiger charge is 2.09. The van der Waals surface area contributed by atoms with E-state index < -0.39 is 0 Å². The Bertz CT molecular complexity index is 977. The van der Waals surface area contributed by atoms with E-state index in [1.54, 1.807) is 18.3 Å². The Morgan fingerprint density at radius 3 is 2.46 bits per heavy atom. The van der Waals surface area contributed by atoms with Gasteiger partial charge in [0.15, 0.2) is 17.5 Å². The zero-order chi connectivity index (χ0) is 20.1. The number of benzene rings is 2. The van der Waals surface area contributed by atoms with Crippen LogP contribution in [0.1, 0.15) is 22.3 Å². The second-order valence-corrected chi connectivity index (χ2v) is 7.06. The summed E-state index contributed by atoms with van der Waals surface area (Å²) in [6.45, 7) is 6.72. The number of aryl methyl sites for hydroxylation is 3. The van der Waals surface area contributed by atoms with E-state index in [2.05, 4.69) is 48.2 Å². The van der Waals surface area contributed by atoms with Gasteiger partial charge in [0.2, 0.25) is 0 Å². The fourth-order valence-corrected chi connectivity index (χ4v) is 3.12. The normalized spacial score (nSPS) is 11.4. The highest BCUT2D eigenvalue weighted by atomic mass is 35.5. The molecule has 144 valence electrons. The topological polar surface area (TPSA) is 72.5 Å². The van der Waals surface area contributed by atoms with E-state index >= 15 is 0 Å². The number of nitrogens with one attached hydrogen (secondary N) is 1. The lowest BCUT2D eigenvalue weighted by Crippen LogP contribution is -2.22. The first kappa shape index (κ1) is 19.7. The summed E-state index contributed by atoms with van der Waals surface area (Å²) in [4.78, 5) is 8.65. The van der Waals surface area contributed by atoms with E-state index in [9.17, 15) is 0 Å². The molecule has 3 rings (SSSR count). The van der Waals surface area contributed by atoms with Crippen molar-refractivity contribution in [3.05, 3.63) is 82.0 Å². The number of anilines is 1. The molecule has 6 heteroatoms. The van der Waals surface area contributed by atoms with Gasteiger partial charge in [0.05, 0.1) is 0 Å². The Balaban J connectivity index is 1.76. The van der Waals surface area contributed by atoms with Gasteiger partial charge in [-0.25, -0.2) is 4.98 Å². The van der Waals surface area contributed by atoms with Crippen molar-refractivity contribution >= 4 is 29.1 Å². The Morgan fingerprint density at radius 2 is 1.79 bits per heavy atom. The fourth-order valence-electron chi connectivity index (χ4n) is 2.99. The van der Waals surface area contributed by atoms with Gasteiger partial charge < -0.3 is 15.8 Å². The van der Waals surface area contributed by atoms with Crippen LogP contribution in [0.4, 0.5) is 11.5 Å². The molecule has 1 aromatic heterocycles. The number of rotatable bonds is 5. The van der Waals surface area contributed by atoms with Gasteiger partial charge in [-0.3, -0.25) is 0 Å². The number of hydrogen-bond acceptors (Lipinski definition) is 3. The molecule has 0 bridgehead atoms. The minimum atomic E-state index is 0.216. The first-order chi connectivity index (χ1) is 13.4. The lowest BCUT2D eigenvalue weighted by Gasteiger charge is -2.14. The summed E-state index contributed by atoms with van der Waals surface area (Å²) in [7, 11) is 0. The van der Waals surface area contributed by atoms with Crippen molar-refractivity contribution in [2.24, 2.45) is 10.7 Å². The van der Waals surface area contributed by atoms with E-state index in [4.69, 9.17) is 22.1 Å². The van der Waals surface area contributed by atoms with Crippen molar-refractivity contribution in [3.8, 4) is 5.75 Å². The number of halogens is 1. The Kier molecular flexibility index (Phi) is 6.16. The molecule has 0 amide bonds. The quantitative estimate of drug-likeness (QED) is 0.455. The minimum Gasteiger partial charge on any atom is -0.485 e. The van der Waals surface area contributed by atoms with E-state index in [0.717, 1.165) is 11.3 Å². The predicted octanol–water partition coefficient (Wildman–Crippen LogP) is 5.30. The fraction of sp³-hybridized carbons (Fsp3) is 0.182. The number of hydrogen-bond donors (Lipinski definition) is 2. The number of pyridine rings is 1. The summed E-state index contributed by atoms with van der Waals surface area (Å²) < 4.78 is 6.02. The van der Waals surface area contributed by atoms with Crippen LogP contribution in [0.5, 0.6) is 5.75 Å². The van der Waals surface area contributed by atoms with E-state index in [0.29, 0.717) is 23.2 Å². The van der Waals surface area contributed by atoms with Crippen LogP contribution in [-0.2, 0) is 6.61 Å². The van der Waals surface area contributed by atoms with Gasteiger partial charge in [0.1, 0.15) is 6.61 Å². The van der Waals surface area contributed by atoms with Crippen LogP contribution < -0.4 is 15.8 Å². The standard InChI is InChI=1S/C22H23ClN4O/c1-14-11-15(2)19(16(3)12-14)13-28-20-5-4-10-25-21(20)27-22(24)26-18-8-6-17(23)7-9-18/h4-12H,13H2,1-3H3,(H3,24,25,26,27). The van der Waals surface area contributed by atoms with Crippen LogP contribution in [-0.4, -0.2) is 10.9 Å². The highest BCUT2D eigenvalue weighted by Crippen LogP contribution is 2.26. The number of nitrogens with two attached hydrogens (primary N) is 1. The van der Waals surface area contributed by atoms with Crippen molar-refractivity contribution in [1.82, 2.24) is 4.98 Å².